The molecule has 1 unspecified atom stereocenters. The molecule has 1 amide bonds. The van der Waals surface area contributed by atoms with Crippen LogP contribution in [-0.2, 0) is 0 Å². The van der Waals surface area contributed by atoms with Crippen molar-refractivity contribution in [3.63, 3.8) is 0 Å². The van der Waals surface area contributed by atoms with E-state index in [0.29, 0.717) is 29.5 Å². The zero-order chi connectivity index (χ0) is 27.0. The lowest BCUT2D eigenvalue weighted by molar-refractivity contribution is -0.750. The second-order valence-corrected chi connectivity index (χ2v) is 10.4. The smallest absolute Gasteiger partial charge is 0.281 e. The van der Waals surface area contributed by atoms with Gasteiger partial charge in [0.1, 0.15) is 29.1 Å². The van der Waals surface area contributed by atoms with Gasteiger partial charge >= 0.3 is 0 Å². The molecule has 9 nitrogen and oxygen atoms in total. The molecular weight excluding hydrogens is 492 g/mol. The molecule has 1 fully saturated rings. The average Bonchev–Trinajstić information content (AvgIpc) is 3.54. The number of methoxy groups -OCH3 is 2. The molecule has 3 heterocycles. The molecule has 1 saturated carbocycles. The highest BCUT2D eigenvalue weighted by atomic mass is 16.5. The molecule has 0 radical (unpaired) electrons. The Labute approximate surface area is 227 Å². The maximum atomic E-state index is 12.8. The summed E-state index contributed by atoms with van der Waals surface area (Å²) in [5.41, 5.74) is 4.44. The number of nitrogens with zero attached hydrogens (tertiary/aromatic N) is 3. The average molecular weight is 526 g/mol. The number of amidine groups is 1. The third-order valence-electron chi connectivity index (χ3n) is 7.99. The van der Waals surface area contributed by atoms with Crippen molar-refractivity contribution < 1.29 is 18.9 Å². The van der Waals surface area contributed by atoms with Crippen LogP contribution in [0.3, 0.4) is 0 Å². The lowest BCUT2D eigenvalue weighted by Crippen LogP contribution is -2.53. The van der Waals surface area contributed by atoms with Gasteiger partial charge in [-0.2, -0.15) is 10.8 Å². The largest absolute Gasteiger partial charge is 0.497 e. The van der Waals surface area contributed by atoms with Crippen molar-refractivity contribution in [3.05, 3.63) is 83.6 Å². The monoisotopic (exact) mass is 525 g/mol. The van der Waals surface area contributed by atoms with E-state index >= 15 is 0 Å². The summed E-state index contributed by atoms with van der Waals surface area (Å²) in [4.78, 5) is 25.9. The number of rotatable bonds is 7. The minimum absolute atomic E-state index is 0.0195. The zero-order valence-corrected chi connectivity index (χ0v) is 22.2. The molecule has 0 bridgehead atoms. The maximum Gasteiger partial charge on any atom is 0.281 e. The van der Waals surface area contributed by atoms with E-state index in [0.717, 1.165) is 59.5 Å². The van der Waals surface area contributed by atoms with Crippen LogP contribution in [0.2, 0.25) is 0 Å². The van der Waals surface area contributed by atoms with E-state index in [1.54, 1.807) is 38.6 Å². The fourth-order valence-corrected chi connectivity index (χ4v) is 5.80. The molecule has 1 atom stereocenters. The Morgan fingerprint density at radius 1 is 1.08 bits per heavy atom. The lowest BCUT2D eigenvalue weighted by Gasteiger charge is -2.29. The lowest BCUT2D eigenvalue weighted by atomic mass is 9.80. The molecular formula is C30H33N6O3+. The van der Waals surface area contributed by atoms with Crippen LogP contribution in [0, 0.1) is 11.8 Å². The van der Waals surface area contributed by atoms with Crippen LogP contribution in [-0.4, -0.2) is 48.3 Å². The third kappa shape index (κ3) is 4.64. The number of fused-ring (bicyclic) bond motifs is 2. The van der Waals surface area contributed by atoms with Gasteiger partial charge in [0.25, 0.3) is 11.7 Å². The van der Waals surface area contributed by atoms with Crippen LogP contribution in [0.15, 0.2) is 82.3 Å². The molecule has 3 aromatic rings. The summed E-state index contributed by atoms with van der Waals surface area (Å²) in [6.45, 7) is 0.627. The molecule has 200 valence electrons. The van der Waals surface area contributed by atoms with Gasteiger partial charge in [-0.25, -0.2) is 0 Å². The minimum atomic E-state index is -0.127. The van der Waals surface area contributed by atoms with Gasteiger partial charge in [0, 0.05) is 35.0 Å². The summed E-state index contributed by atoms with van der Waals surface area (Å²) in [7, 11) is 3.15. The number of nitrogens with two attached hydrogens (primary N) is 1. The number of ether oxygens (including phenoxy) is 2. The van der Waals surface area contributed by atoms with Gasteiger partial charge in [0.2, 0.25) is 5.70 Å². The Bertz CT molecular complexity index is 1490. The summed E-state index contributed by atoms with van der Waals surface area (Å²) in [5, 5.41) is 4.23. The standard InChI is InChI=1S/C30H32N6O3/c1-38-23-13-22(14-24(16-23)39-2)30(37)33-17-19-7-9-20(10-8-19)28-27-18-32-11-12-36(27,31)29(35-28)26-15-21-5-3-4-6-25(21)34-26/h3-6,11-16,18-20H,7-10,17,31H2,1-2H3,(H-,32,33,34,35,37)/p+1. The van der Waals surface area contributed by atoms with Crippen molar-refractivity contribution in [2.75, 3.05) is 20.8 Å². The van der Waals surface area contributed by atoms with Crippen LogP contribution >= 0.6 is 0 Å². The van der Waals surface area contributed by atoms with Crippen molar-refractivity contribution in [1.82, 2.24) is 10.3 Å². The summed E-state index contributed by atoms with van der Waals surface area (Å²) in [5.74, 6) is 9.47. The van der Waals surface area contributed by atoms with Crippen LogP contribution in [0.4, 0.5) is 0 Å². The molecule has 3 aliphatic rings. The molecule has 1 aliphatic carbocycles. The van der Waals surface area contributed by atoms with E-state index in [1.165, 1.54) is 0 Å². The van der Waals surface area contributed by atoms with Crippen LogP contribution in [0.1, 0.15) is 41.7 Å². The molecule has 2 aliphatic heterocycles. The number of H-pyrrole nitrogens is 1. The Balaban J connectivity index is 1.14. The van der Waals surface area contributed by atoms with Crippen molar-refractivity contribution in [2.24, 2.45) is 27.7 Å². The number of para-hydroxylation sites is 1. The number of benzene rings is 2. The molecule has 4 N–H and O–H groups in total. The molecule has 9 heteroatoms. The molecule has 39 heavy (non-hydrogen) atoms. The van der Waals surface area contributed by atoms with Crippen molar-refractivity contribution in [1.29, 1.82) is 0 Å². The van der Waals surface area contributed by atoms with Gasteiger partial charge < -0.3 is 19.8 Å². The maximum absolute atomic E-state index is 12.8. The van der Waals surface area contributed by atoms with Crippen molar-refractivity contribution in [2.45, 2.75) is 25.7 Å². The number of aliphatic imine (C=N–C) groups is 2. The number of quaternary nitrogens is 1. The molecule has 0 saturated heterocycles. The fourth-order valence-electron chi connectivity index (χ4n) is 5.80. The summed E-state index contributed by atoms with van der Waals surface area (Å²) >= 11 is 0. The summed E-state index contributed by atoms with van der Waals surface area (Å²) in [6.07, 6.45) is 9.43. The zero-order valence-electron chi connectivity index (χ0n) is 22.2. The van der Waals surface area contributed by atoms with Crippen LogP contribution in [0.25, 0.3) is 10.9 Å². The predicted molar refractivity (Wildman–Crippen MR) is 151 cm³/mol. The number of aromatic amines is 1. The van der Waals surface area contributed by atoms with Crippen LogP contribution in [0.5, 0.6) is 11.5 Å². The van der Waals surface area contributed by atoms with E-state index < -0.39 is 0 Å². The van der Waals surface area contributed by atoms with Gasteiger partial charge in [0.05, 0.1) is 26.6 Å². The minimum Gasteiger partial charge on any atom is -0.497 e. The molecule has 2 aromatic carbocycles. The first kappa shape index (κ1) is 25.1. The normalized spacial score (nSPS) is 24.0. The van der Waals surface area contributed by atoms with Crippen LogP contribution < -0.4 is 20.6 Å². The first-order chi connectivity index (χ1) is 19.0. The Kier molecular flexibility index (Phi) is 6.54. The predicted octanol–water partition coefficient (Wildman–Crippen LogP) is 4.64. The van der Waals surface area contributed by atoms with E-state index in [9.17, 15) is 4.79 Å². The first-order valence-electron chi connectivity index (χ1n) is 13.3. The van der Waals surface area contributed by atoms with E-state index in [1.807, 2.05) is 24.5 Å². The summed E-state index contributed by atoms with van der Waals surface area (Å²) in [6, 6.07) is 15.5. The number of allylic oxidation sites excluding steroid dienone is 2. The number of aromatic nitrogens is 1. The Morgan fingerprint density at radius 2 is 1.82 bits per heavy atom. The van der Waals surface area contributed by atoms with Crippen molar-refractivity contribution in [3.8, 4) is 11.5 Å². The van der Waals surface area contributed by atoms with Gasteiger partial charge in [-0.05, 0) is 55.9 Å². The second kappa shape index (κ2) is 10.2. The van der Waals surface area contributed by atoms with Gasteiger partial charge in [-0.15, -0.1) is 4.59 Å². The fraction of sp³-hybridized carbons (Fsp3) is 0.300. The van der Waals surface area contributed by atoms with Gasteiger partial charge in [-0.3, -0.25) is 9.79 Å². The second-order valence-electron chi connectivity index (χ2n) is 10.4. The van der Waals surface area contributed by atoms with E-state index in [4.69, 9.17) is 20.3 Å². The highest BCUT2D eigenvalue weighted by Gasteiger charge is 2.46. The molecule has 1 aromatic heterocycles. The summed E-state index contributed by atoms with van der Waals surface area (Å²) < 4.78 is 10.6. The number of hydrogen-bond donors (Lipinski definition) is 3. The topological polar surface area (TPSA) is 114 Å². The van der Waals surface area contributed by atoms with E-state index in [-0.39, 0.29) is 16.4 Å². The molecule has 6 rings (SSSR count). The third-order valence-corrected chi connectivity index (χ3v) is 7.99. The highest BCUT2D eigenvalue weighted by Crippen LogP contribution is 2.41. The molecule has 0 spiro atoms. The Hall–Kier alpha value is -4.21. The number of nitrogens with one attached hydrogen (secondary N) is 2. The van der Waals surface area contributed by atoms with E-state index in [2.05, 4.69) is 33.5 Å². The quantitative estimate of drug-likeness (QED) is 0.308. The number of amides is 1. The first-order valence-corrected chi connectivity index (χ1v) is 13.3. The van der Waals surface area contributed by atoms with Crippen molar-refractivity contribution >= 4 is 28.9 Å². The number of carbonyl (C=O) groups is 1. The number of hydrogen-bond acceptors (Lipinski definition) is 6. The van der Waals surface area contributed by atoms with Gasteiger partial charge in [-0.1, -0.05) is 18.2 Å². The van der Waals surface area contributed by atoms with Gasteiger partial charge in [0.15, 0.2) is 0 Å². The number of carbonyl (C=O) groups excluding carboxylic acids is 1. The highest BCUT2D eigenvalue weighted by molar-refractivity contribution is 6.02. The Morgan fingerprint density at radius 3 is 2.54 bits per heavy atom. The SMILES string of the molecule is COc1cc(OC)cc(C(=O)NCC2CCC(C3=C4C=NC=C[N+]4(N)C(c4cc5ccccc5[nH]4)=N3)CC2)c1.